The number of likely N-dealkylation sites (tertiary alicyclic amines) is 1. The molecule has 2 aromatic rings. The van der Waals surface area contributed by atoms with E-state index in [4.69, 9.17) is 0 Å². The Hall–Kier alpha value is -2.21. The zero-order valence-electron chi connectivity index (χ0n) is 14.9. The van der Waals surface area contributed by atoms with Crippen LogP contribution in [-0.4, -0.2) is 41.0 Å². The summed E-state index contributed by atoms with van der Waals surface area (Å²) in [6.45, 7) is 8.00. The minimum absolute atomic E-state index is 0.0528. The number of rotatable bonds is 3. The lowest BCUT2D eigenvalue weighted by atomic mass is 10.0. The first kappa shape index (κ1) is 18.1. The highest BCUT2D eigenvalue weighted by Crippen LogP contribution is 2.33. The van der Waals surface area contributed by atoms with Gasteiger partial charge in [0.05, 0.1) is 10.4 Å². The average Bonchev–Trinajstić information content (AvgIpc) is 2.59. The normalized spacial score (nSPS) is 15.7. The molecule has 0 spiro atoms. The molecule has 1 fully saturated rings. The molecule has 1 N–H and O–H groups in total. The van der Waals surface area contributed by atoms with Gasteiger partial charge in [-0.2, -0.15) is 0 Å². The number of nitrogens with zero attached hydrogens (tertiary/aromatic N) is 3. The summed E-state index contributed by atoms with van der Waals surface area (Å²) in [5.74, 6) is 0. The van der Waals surface area contributed by atoms with Crippen molar-refractivity contribution in [2.75, 3.05) is 25.5 Å². The van der Waals surface area contributed by atoms with E-state index in [0.29, 0.717) is 5.69 Å². The molecule has 1 saturated heterocycles. The van der Waals surface area contributed by atoms with Crippen LogP contribution in [0.1, 0.15) is 32.3 Å². The van der Waals surface area contributed by atoms with Gasteiger partial charge in [-0.15, -0.1) is 0 Å². The van der Waals surface area contributed by atoms with Crippen molar-refractivity contribution in [3.63, 3.8) is 0 Å². The van der Waals surface area contributed by atoms with E-state index in [2.05, 4.69) is 22.2 Å². The Labute approximate surface area is 143 Å². The van der Waals surface area contributed by atoms with Crippen molar-refractivity contribution in [2.24, 2.45) is 0 Å². The van der Waals surface area contributed by atoms with Crippen molar-refractivity contribution < 1.29 is 4.92 Å². The molecule has 1 aromatic heterocycles. The van der Waals surface area contributed by atoms with Crippen LogP contribution in [0.3, 0.4) is 0 Å². The standard InChI is InChI=1S/C16H20N4O2.C2H6/c1-11-3-4-14-13(9-11)16(15(10-17-14)20(21)22)18-12-5-7-19(2)8-6-12;1-2/h3-4,9-10,12H,5-8H2,1-2H3,(H,17,18);1-2H3. The maximum atomic E-state index is 11.4. The summed E-state index contributed by atoms with van der Waals surface area (Å²) < 4.78 is 0. The number of nitro groups is 1. The molecule has 0 atom stereocenters. The third-order valence-electron chi connectivity index (χ3n) is 4.27. The van der Waals surface area contributed by atoms with Gasteiger partial charge in [0.15, 0.2) is 0 Å². The number of aryl methyl sites for hydroxylation is 1. The lowest BCUT2D eigenvalue weighted by Gasteiger charge is -2.30. The molecule has 0 bridgehead atoms. The molecule has 0 amide bonds. The highest BCUT2D eigenvalue weighted by Gasteiger charge is 2.23. The van der Waals surface area contributed by atoms with Gasteiger partial charge in [-0.05, 0) is 52.0 Å². The lowest BCUT2D eigenvalue weighted by molar-refractivity contribution is -0.384. The molecular formula is C18H26N4O2. The van der Waals surface area contributed by atoms with Gasteiger partial charge in [-0.25, -0.2) is 4.98 Å². The molecule has 24 heavy (non-hydrogen) atoms. The summed E-state index contributed by atoms with van der Waals surface area (Å²) in [7, 11) is 2.10. The van der Waals surface area contributed by atoms with Gasteiger partial charge in [-0.3, -0.25) is 10.1 Å². The fraction of sp³-hybridized carbons (Fsp3) is 0.500. The van der Waals surface area contributed by atoms with Gasteiger partial charge in [0.2, 0.25) is 0 Å². The molecule has 6 heteroatoms. The fourth-order valence-electron chi connectivity index (χ4n) is 2.94. The monoisotopic (exact) mass is 330 g/mol. The molecule has 1 aliphatic rings. The molecule has 0 aliphatic carbocycles. The lowest BCUT2D eigenvalue weighted by Crippen LogP contribution is -2.36. The van der Waals surface area contributed by atoms with E-state index in [-0.39, 0.29) is 16.7 Å². The fourth-order valence-corrected chi connectivity index (χ4v) is 2.94. The first-order valence-corrected chi connectivity index (χ1v) is 8.53. The van der Waals surface area contributed by atoms with Gasteiger partial charge in [0, 0.05) is 11.4 Å². The van der Waals surface area contributed by atoms with Crippen molar-refractivity contribution in [3.8, 4) is 0 Å². The van der Waals surface area contributed by atoms with E-state index in [1.165, 1.54) is 6.20 Å². The van der Waals surface area contributed by atoms with Crippen LogP contribution in [0.15, 0.2) is 24.4 Å². The van der Waals surface area contributed by atoms with Crippen LogP contribution in [0.25, 0.3) is 10.9 Å². The average molecular weight is 330 g/mol. The first-order chi connectivity index (χ1) is 11.5. The Morgan fingerprint density at radius 1 is 1.29 bits per heavy atom. The van der Waals surface area contributed by atoms with E-state index in [1.807, 2.05) is 39.0 Å². The molecule has 0 unspecified atom stereocenters. The number of benzene rings is 1. The number of anilines is 1. The molecule has 0 saturated carbocycles. The maximum absolute atomic E-state index is 11.4. The third kappa shape index (κ3) is 4.00. The van der Waals surface area contributed by atoms with Crippen molar-refractivity contribution >= 4 is 22.3 Å². The summed E-state index contributed by atoms with van der Waals surface area (Å²) in [6.07, 6.45) is 3.33. The largest absolute Gasteiger partial charge is 0.376 e. The number of piperidine rings is 1. The Kier molecular flexibility index (Phi) is 6.09. The molecule has 6 nitrogen and oxygen atoms in total. The summed E-state index contributed by atoms with van der Waals surface area (Å²) in [5.41, 5.74) is 2.51. The second-order valence-electron chi connectivity index (χ2n) is 6.02. The number of hydrogen-bond acceptors (Lipinski definition) is 5. The number of fused-ring (bicyclic) bond motifs is 1. The zero-order chi connectivity index (χ0) is 17.7. The van der Waals surface area contributed by atoms with E-state index >= 15 is 0 Å². The quantitative estimate of drug-likeness (QED) is 0.681. The number of pyridine rings is 1. The second kappa shape index (κ2) is 8.06. The summed E-state index contributed by atoms with van der Waals surface area (Å²) in [5, 5.41) is 15.6. The van der Waals surface area contributed by atoms with Crippen LogP contribution in [0.5, 0.6) is 0 Å². The predicted molar refractivity (Wildman–Crippen MR) is 98.6 cm³/mol. The molecule has 130 valence electrons. The van der Waals surface area contributed by atoms with Crippen molar-refractivity contribution in [1.82, 2.24) is 9.88 Å². The summed E-state index contributed by atoms with van der Waals surface area (Å²) >= 11 is 0. The minimum Gasteiger partial charge on any atom is -0.376 e. The van der Waals surface area contributed by atoms with Crippen LogP contribution < -0.4 is 5.32 Å². The van der Waals surface area contributed by atoms with Crippen molar-refractivity contribution in [2.45, 2.75) is 39.7 Å². The Balaban J connectivity index is 0.00000100. The van der Waals surface area contributed by atoms with Gasteiger partial charge < -0.3 is 10.2 Å². The first-order valence-electron chi connectivity index (χ1n) is 8.53. The Morgan fingerprint density at radius 3 is 2.58 bits per heavy atom. The van der Waals surface area contributed by atoms with Crippen LogP contribution in [-0.2, 0) is 0 Å². The van der Waals surface area contributed by atoms with Gasteiger partial charge >= 0.3 is 5.69 Å². The van der Waals surface area contributed by atoms with Gasteiger partial charge in [0.1, 0.15) is 11.9 Å². The van der Waals surface area contributed by atoms with E-state index < -0.39 is 0 Å². The van der Waals surface area contributed by atoms with Crippen LogP contribution in [0.2, 0.25) is 0 Å². The SMILES string of the molecule is CC.Cc1ccc2ncc([N+](=O)[O-])c(NC3CCN(C)CC3)c2c1. The molecule has 1 aliphatic heterocycles. The van der Waals surface area contributed by atoms with Gasteiger partial charge in [0.25, 0.3) is 0 Å². The maximum Gasteiger partial charge on any atom is 0.311 e. The highest BCUT2D eigenvalue weighted by molar-refractivity contribution is 5.96. The van der Waals surface area contributed by atoms with E-state index in [9.17, 15) is 10.1 Å². The number of hydrogen-bond donors (Lipinski definition) is 1. The molecule has 2 heterocycles. The topological polar surface area (TPSA) is 71.3 Å². The molecular weight excluding hydrogens is 304 g/mol. The highest BCUT2D eigenvalue weighted by atomic mass is 16.6. The van der Waals surface area contributed by atoms with Crippen LogP contribution >= 0.6 is 0 Å². The molecule has 3 rings (SSSR count). The molecule has 0 radical (unpaired) electrons. The molecule has 1 aromatic carbocycles. The Bertz CT molecular complexity index is 709. The number of aromatic nitrogens is 1. The third-order valence-corrected chi connectivity index (χ3v) is 4.27. The van der Waals surface area contributed by atoms with Crippen LogP contribution in [0, 0.1) is 17.0 Å². The predicted octanol–water partition coefficient (Wildman–Crippen LogP) is 3.98. The van der Waals surface area contributed by atoms with E-state index in [0.717, 1.165) is 42.4 Å². The van der Waals surface area contributed by atoms with Gasteiger partial charge in [-0.1, -0.05) is 25.5 Å². The minimum atomic E-state index is -0.355. The smallest absolute Gasteiger partial charge is 0.311 e. The second-order valence-corrected chi connectivity index (χ2v) is 6.02. The zero-order valence-corrected chi connectivity index (χ0v) is 14.9. The van der Waals surface area contributed by atoms with Crippen molar-refractivity contribution in [3.05, 3.63) is 40.1 Å². The Morgan fingerprint density at radius 2 is 1.96 bits per heavy atom. The summed E-state index contributed by atoms with van der Waals surface area (Å²) in [6, 6.07) is 6.11. The van der Waals surface area contributed by atoms with E-state index in [1.54, 1.807) is 0 Å². The number of nitrogens with one attached hydrogen (secondary N) is 1. The summed E-state index contributed by atoms with van der Waals surface area (Å²) in [4.78, 5) is 17.5. The van der Waals surface area contributed by atoms with Crippen molar-refractivity contribution in [1.29, 1.82) is 0 Å². The van der Waals surface area contributed by atoms with Crippen LogP contribution in [0.4, 0.5) is 11.4 Å².